The van der Waals surface area contributed by atoms with Gasteiger partial charge >= 0.3 is 6.61 Å². The molecule has 114 valence electrons. The normalized spacial score (nSPS) is 16.3. The zero-order valence-electron chi connectivity index (χ0n) is 11.7. The maximum absolute atomic E-state index is 12.0. The third kappa shape index (κ3) is 5.53. The van der Waals surface area contributed by atoms with Crippen molar-refractivity contribution < 1.29 is 18.3 Å². The molecule has 0 radical (unpaired) electrons. The highest BCUT2D eigenvalue weighted by atomic mass is 19.3. The molecule has 1 aliphatic rings. The van der Waals surface area contributed by atoms with Gasteiger partial charge in [0.15, 0.2) is 0 Å². The van der Waals surface area contributed by atoms with Crippen LogP contribution in [0.15, 0.2) is 30.3 Å². The Balaban J connectivity index is 1.83. The molecule has 1 aliphatic carbocycles. The van der Waals surface area contributed by atoms with Crippen LogP contribution in [0.25, 0.3) is 6.08 Å². The molecule has 1 saturated carbocycles. The molecule has 1 amide bonds. The van der Waals surface area contributed by atoms with E-state index in [2.05, 4.69) is 10.1 Å². The smallest absolute Gasteiger partial charge is 0.387 e. The van der Waals surface area contributed by atoms with E-state index < -0.39 is 6.61 Å². The standard InChI is InChI=1S/C16H19F2NO2/c17-16(18)21-14-9-6-12(7-10-14)8-11-15(20)19-13-4-2-1-3-5-13/h6-11,13,16H,1-5H2,(H,19,20)/b11-8+. The number of halogens is 2. The molecule has 3 nitrogen and oxygen atoms in total. The first-order chi connectivity index (χ1) is 10.1. The SMILES string of the molecule is O=C(/C=C/c1ccc(OC(F)F)cc1)NC1CCCCC1. The van der Waals surface area contributed by atoms with Crippen molar-refractivity contribution in [2.45, 2.75) is 44.8 Å². The van der Waals surface area contributed by atoms with Crippen molar-refractivity contribution >= 4 is 12.0 Å². The minimum Gasteiger partial charge on any atom is -0.435 e. The summed E-state index contributed by atoms with van der Waals surface area (Å²) in [6.07, 6.45) is 8.79. The Hall–Kier alpha value is -1.91. The number of amides is 1. The number of alkyl halides is 2. The van der Waals surface area contributed by atoms with Gasteiger partial charge < -0.3 is 10.1 Å². The molecule has 0 aliphatic heterocycles. The van der Waals surface area contributed by atoms with Crippen molar-refractivity contribution in [2.24, 2.45) is 0 Å². The third-order valence-electron chi connectivity index (χ3n) is 3.48. The van der Waals surface area contributed by atoms with Crippen LogP contribution in [-0.2, 0) is 4.79 Å². The maximum atomic E-state index is 12.0. The van der Waals surface area contributed by atoms with Crippen LogP contribution >= 0.6 is 0 Å². The largest absolute Gasteiger partial charge is 0.435 e. The molecule has 5 heteroatoms. The van der Waals surface area contributed by atoms with Crippen LogP contribution in [0.3, 0.4) is 0 Å². The molecule has 0 aromatic heterocycles. The topological polar surface area (TPSA) is 38.3 Å². The molecule has 0 bridgehead atoms. The number of benzene rings is 1. The van der Waals surface area contributed by atoms with E-state index >= 15 is 0 Å². The van der Waals surface area contributed by atoms with Gasteiger partial charge in [0.1, 0.15) is 5.75 Å². The minimum atomic E-state index is -2.83. The summed E-state index contributed by atoms with van der Waals surface area (Å²) in [7, 11) is 0. The van der Waals surface area contributed by atoms with Gasteiger partial charge in [-0.2, -0.15) is 8.78 Å². The van der Waals surface area contributed by atoms with E-state index in [1.165, 1.54) is 37.5 Å². The summed E-state index contributed by atoms with van der Waals surface area (Å²) in [5.74, 6) is -0.0105. The van der Waals surface area contributed by atoms with Crippen LogP contribution in [0.1, 0.15) is 37.7 Å². The van der Waals surface area contributed by atoms with Crippen LogP contribution in [0.2, 0.25) is 0 Å². The molecule has 0 heterocycles. The molecule has 1 aromatic rings. The third-order valence-corrected chi connectivity index (χ3v) is 3.48. The van der Waals surface area contributed by atoms with Gasteiger partial charge in [0, 0.05) is 12.1 Å². The fraction of sp³-hybridized carbons (Fsp3) is 0.438. The number of hydrogen-bond donors (Lipinski definition) is 1. The molecule has 1 fully saturated rings. The molecule has 1 N–H and O–H groups in total. The van der Waals surface area contributed by atoms with E-state index in [0.717, 1.165) is 18.4 Å². The highest BCUT2D eigenvalue weighted by Gasteiger charge is 2.14. The summed E-state index contributed by atoms with van der Waals surface area (Å²) in [5.41, 5.74) is 0.760. The van der Waals surface area contributed by atoms with Gasteiger partial charge in [-0.15, -0.1) is 0 Å². The van der Waals surface area contributed by atoms with E-state index in [0.29, 0.717) is 0 Å². The molecule has 0 atom stereocenters. The zero-order valence-corrected chi connectivity index (χ0v) is 11.7. The highest BCUT2D eigenvalue weighted by molar-refractivity contribution is 5.91. The second-order valence-corrected chi connectivity index (χ2v) is 5.12. The number of ether oxygens (including phenoxy) is 1. The van der Waals surface area contributed by atoms with E-state index in [1.807, 2.05) is 0 Å². The van der Waals surface area contributed by atoms with Crippen molar-refractivity contribution in [3.05, 3.63) is 35.9 Å². The summed E-state index contributed by atoms with van der Waals surface area (Å²) in [6, 6.07) is 6.43. The minimum absolute atomic E-state index is 0.105. The van der Waals surface area contributed by atoms with Crippen molar-refractivity contribution in [3.63, 3.8) is 0 Å². The maximum Gasteiger partial charge on any atom is 0.387 e. The van der Waals surface area contributed by atoms with Crippen LogP contribution in [0, 0.1) is 0 Å². The molecular weight excluding hydrogens is 276 g/mol. The second kappa shape index (κ2) is 7.76. The number of rotatable bonds is 5. The van der Waals surface area contributed by atoms with Crippen LogP contribution in [0.4, 0.5) is 8.78 Å². The van der Waals surface area contributed by atoms with Crippen LogP contribution in [0.5, 0.6) is 5.75 Å². The van der Waals surface area contributed by atoms with Gasteiger partial charge in [0.25, 0.3) is 0 Å². The number of carbonyl (C=O) groups is 1. The lowest BCUT2D eigenvalue weighted by Gasteiger charge is -2.21. The lowest BCUT2D eigenvalue weighted by molar-refractivity contribution is -0.117. The van der Waals surface area contributed by atoms with Crippen LogP contribution < -0.4 is 10.1 Å². The van der Waals surface area contributed by atoms with Crippen molar-refractivity contribution in [1.29, 1.82) is 0 Å². The lowest BCUT2D eigenvalue weighted by atomic mass is 9.95. The van der Waals surface area contributed by atoms with E-state index in [-0.39, 0.29) is 17.7 Å². The Labute approximate surface area is 123 Å². The number of hydrogen-bond acceptors (Lipinski definition) is 2. The summed E-state index contributed by atoms with van der Waals surface area (Å²) < 4.78 is 28.3. The van der Waals surface area contributed by atoms with Crippen molar-refractivity contribution in [3.8, 4) is 5.75 Å². The Morgan fingerprint density at radius 1 is 1.19 bits per heavy atom. The Morgan fingerprint density at radius 2 is 1.86 bits per heavy atom. The summed E-state index contributed by atoms with van der Waals surface area (Å²) in [5, 5.41) is 2.98. The molecule has 1 aromatic carbocycles. The first kappa shape index (κ1) is 15.5. The molecular formula is C16H19F2NO2. The Morgan fingerprint density at radius 3 is 2.48 bits per heavy atom. The molecule has 2 rings (SSSR count). The van der Waals surface area contributed by atoms with Crippen molar-refractivity contribution in [2.75, 3.05) is 0 Å². The number of nitrogens with one attached hydrogen (secondary N) is 1. The fourth-order valence-corrected chi connectivity index (χ4v) is 2.43. The van der Waals surface area contributed by atoms with Crippen molar-refractivity contribution in [1.82, 2.24) is 5.32 Å². The Bertz CT molecular complexity index is 480. The summed E-state index contributed by atoms with van der Waals surface area (Å²) in [4.78, 5) is 11.8. The average molecular weight is 295 g/mol. The van der Waals surface area contributed by atoms with Gasteiger partial charge in [0.05, 0.1) is 0 Å². The monoisotopic (exact) mass is 295 g/mol. The fourth-order valence-electron chi connectivity index (χ4n) is 2.43. The number of carbonyl (C=O) groups excluding carboxylic acids is 1. The quantitative estimate of drug-likeness (QED) is 0.840. The summed E-state index contributed by atoms with van der Waals surface area (Å²) in [6.45, 7) is -2.83. The van der Waals surface area contributed by atoms with Gasteiger partial charge in [-0.25, -0.2) is 0 Å². The van der Waals surface area contributed by atoms with Gasteiger partial charge in [0.2, 0.25) is 5.91 Å². The van der Waals surface area contributed by atoms with Gasteiger partial charge in [-0.3, -0.25) is 4.79 Å². The molecule has 0 unspecified atom stereocenters. The van der Waals surface area contributed by atoms with E-state index in [4.69, 9.17) is 0 Å². The van der Waals surface area contributed by atoms with E-state index in [9.17, 15) is 13.6 Å². The first-order valence-electron chi connectivity index (χ1n) is 7.17. The summed E-state index contributed by atoms with van der Waals surface area (Å²) >= 11 is 0. The van der Waals surface area contributed by atoms with Crippen LogP contribution in [-0.4, -0.2) is 18.6 Å². The molecule has 0 saturated heterocycles. The van der Waals surface area contributed by atoms with E-state index in [1.54, 1.807) is 18.2 Å². The zero-order chi connectivity index (χ0) is 15.1. The Kier molecular flexibility index (Phi) is 5.72. The van der Waals surface area contributed by atoms with Gasteiger partial charge in [-0.1, -0.05) is 31.4 Å². The first-order valence-corrected chi connectivity index (χ1v) is 7.17. The lowest BCUT2D eigenvalue weighted by Crippen LogP contribution is -2.34. The predicted octanol–water partition coefficient (Wildman–Crippen LogP) is 3.75. The van der Waals surface area contributed by atoms with Gasteiger partial charge in [-0.05, 0) is 36.6 Å². The molecule has 21 heavy (non-hydrogen) atoms. The highest BCUT2D eigenvalue weighted by Crippen LogP contribution is 2.18. The predicted molar refractivity (Wildman–Crippen MR) is 77.1 cm³/mol. The second-order valence-electron chi connectivity index (χ2n) is 5.12. The molecule has 0 spiro atoms. The average Bonchev–Trinajstić information content (AvgIpc) is 2.47.